The highest BCUT2D eigenvalue weighted by Crippen LogP contribution is 2.17. The van der Waals surface area contributed by atoms with E-state index in [0.29, 0.717) is 6.10 Å². The molecule has 20 heavy (non-hydrogen) atoms. The lowest BCUT2D eigenvalue weighted by Gasteiger charge is -2.22. The molecule has 1 fully saturated rings. The third-order valence-corrected chi connectivity index (χ3v) is 3.98. The number of aromatic nitrogens is 2. The van der Waals surface area contributed by atoms with Crippen LogP contribution in [0, 0.1) is 0 Å². The van der Waals surface area contributed by atoms with E-state index in [1.807, 2.05) is 23.0 Å². The fourth-order valence-corrected chi connectivity index (χ4v) is 2.64. The van der Waals surface area contributed by atoms with Gasteiger partial charge in [0.05, 0.1) is 18.9 Å². The second-order valence-electron chi connectivity index (χ2n) is 5.07. The van der Waals surface area contributed by atoms with Crippen LogP contribution in [0.5, 0.6) is 5.75 Å². The molecule has 0 amide bonds. The second-order valence-corrected chi connectivity index (χ2v) is 5.98. The van der Waals surface area contributed by atoms with Crippen molar-refractivity contribution in [1.82, 2.24) is 15.1 Å². The molecule has 0 unspecified atom stereocenters. The van der Waals surface area contributed by atoms with Gasteiger partial charge in [-0.2, -0.15) is 5.10 Å². The van der Waals surface area contributed by atoms with Crippen LogP contribution in [-0.2, 0) is 6.54 Å². The molecule has 4 nitrogen and oxygen atoms in total. The normalized spacial score (nSPS) is 16.2. The Hall–Kier alpha value is -1.33. The largest absolute Gasteiger partial charge is 0.487 e. The summed E-state index contributed by atoms with van der Waals surface area (Å²) in [4.78, 5) is 0. The van der Waals surface area contributed by atoms with Gasteiger partial charge in [-0.25, -0.2) is 0 Å². The average Bonchev–Trinajstić information content (AvgIpc) is 2.90. The van der Waals surface area contributed by atoms with Crippen molar-refractivity contribution in [2.45, 2.75) is 25.5 Å². The van der Waals surface area contributed by atoms with Crippen molar-refractivity contribution in [3.63, 3.8) is 0 Å². The zero-order valence-electron chi connectivity index (χ0n) is 11.3. The van der Waals surface area contributed by atoms with Gasteiger partial charge in [0.2, 0.25) is 0 Å². The quantitative estimate of drug-likeness (QED) is 0.933. The molecule has 1 N–H and O–H groups in total. The minimum Gasteiger partial charge on any atom is -0.487 e. The minimum atomic E-state index is 0.321. The number of halogens is 1. The van der Waals surface area contributed by atoms with Crippen LogP contribution in [0.1, 0.15) is 18.4 Å². The summed E-state index contributed by atoms with van der Waals surface area (Å²) >= 11 is 3.44. The molecule has 0 saturated carbocycles. The van der Waals surface area contributed by atoms with Gasteiger partial charge in [-0.15, -0.1) is 0 Å². The molecule has 0 bridgehead atoms. The number of benzene rings is 1. The topological polar surface area (TPSA) is 39.1 Å². The van der Waals surface area contributed by atoms with Crippen molar-refractivity contribution < 1.29 is 4.74 Å². The second kappa shape index (κ2) is 6.41. The summed E-state index contributed by atoms with van der Waals surface area (Å²) in [6.07, 6.45) is 6.24. The van der Waals surface area contributed by atoms with E-state index in [0.717, 1.165) is 42.7 Å². The van der Waals surface area contributed by atoms with Crippen molar-refractivity contribution in [3.05, 3.63) is 46.7 Å². The minimum absolute atomic E-state index is 0.321. The van der Waals surface area contributed by atoms with Crippen LogP contribution in [0.15, 0.2) is 41.1 Å². The van der Waals surface area contributed by atoms with Gasteiger partial charge >= 0.3 is 0 Å². The Balaban J connectivity index is 1.60. The van der Waals surface area contributed by atoms with Crippen LogP contribution in [-0.4, -0.2) is 29.0 Å². The maximum Gasteiger partial charge on any atom is 0.157 e. The zero-order chi connectivity index (χ0) is 13.8. The molecular formula is C15H18BrN3O. The first-order valence-corrected chi connectivity index (χ1v) is 7.73. The predicted molar refractivity (Wildman–Crippen MR) is 82.0 cm³/mol. The van der Waals surface area contributed by atoms with Crippen LogP contribution < -0.4 is 10.1 Å². The van der Waals surface area contributed by atoms with Crippen molar-refractivity contribution in [3.8, 4) is 5.75 Å². The first-order valence-electron chi connectivity index (χ1n) is 6.94. The lowest BCUT2D eigenvalue weighted by molar-refractivity contribution is 0.162. The fourth-order valence-electron chi connectivity index (χ4n) is 2.37. The third-order valence-electron chi connectivity index (χ3n) is 3.46. The molecule has 2 aromatic rings. The maximum atomic E-state index is 5.96. The van der Waals surface area contributed by atoms with Crippen molar-refractivity contribution in [2.75, 3.05) is 13.1 Å². The number of piperidine rings is 1. The van der Waals surface area contributed by atoms with Crippen molar-refractivity contribution in [2.24, 2.45) is 0 Å². The first-order chi connectivity index (χ1) is 9.79. The Bertz CT molecular complexity index is 547. The molecule has 1 aliphatic heterocycles. The van der Waals surface area contributed by atoms with Gasteiger partial charge in [-0.1, -0.05) is 28.1 Å². The Morgan fingerprint density at radius 2 is 2.00 bits per heavy atom. The lowest BCUT2D eigenvalue weighted by Crippen LogP contribution is -2.34. The molecule has 0 spiro atoms. The summed E-state index contributed by atoms with van der Waals surface area (Å²) in [5, 5.41) is 7.70. The molecular weight excluding hydrogens is 318 g/mol. The summed E-state index contributed by atoms with van der Waals surface area (Å²) in [6.45, 7) is 2.85. The first kappa shape index (κ1) is 13.6. The van der Waals surface area contributed by atoms with E-state index in [9.17, 15) is 0 Å². The highest BCUT2D eigenvalue weighted by molar-refractivity contribution is 9.10. The van der Waals surface area contributed by atoms with Crippen molar-refractivity contribution >= 4 is 15.9 Å². The Morgan fingerprint density at radius 3 is 2.75 bits per heavy atom. The third kappa shape index (κ3) is 3.61. The van der Waals surface area contributed by atoms with E-state index < -0.39 is 0 Å². The zero-order valence-corrected chi connectivity index (χ0v) is 12.8. The summed E-state index contributed by atoms with van der Waals surface area (Å²) < 4.78 is 8.97. The van der Waals surface area contributed by atoms with E-state index in [4.69, 9.17) is 4.74 Å². The van der Waals surface area contributed by atoms with Gasteiger partial charge in [0.1, 0.15) is 6.10 Å². The van der Waals surface area contributed by atoms with Gasteiger partial charge in [-0.3, -0.25) is 4.68 Å². The van der Waals surface area contributed by atoms with Gasteiger partial charge in [0.25, 0.3) is 0 Å². The summed E-state index contributed by atoms with van der Waals surface area (Å²) in [7, 11) is 0. The van der Waals surface area contributed by atoms with Crippen LogP contribution in [0.4, 0.5) is 0 Å². The smallest absolute Gasteiger partial charge is 0.157 e. The van der Waals surface area contributed by atoms with Gasteiger partial charge in [0.15, 0.2) is 5.75 Å². The number of nitrogens with zero attached hydrogens (tertiary/aromatic N) is 2. The predicted octanol–water partition coefficient (Wildman–Crippen LogP) is 2.82. The summed E-state index contributed by atoms with van der Waals surface area (Å²) in [6, 6.07) is 8.29. The van der Waals surface area contributed by atoms with Gasteiger partial charge in [0, 0.05) is 4.47 Å². The Morgan fingerprint density at radius 1 is 1.25 bits per heavy atom. The molecule has 106 valence electrons. The van der Waals surface area contributed by atoms with E-state index >= 15 is 0 Å². The number of rotatable bonds is 4. The van der Waals surface area contributed by atoms with Crippen LogP contribution >= 0.6 is 15.9 Å². The summed E-state index contributed by atoms with van der Waals surface area (Å²) in [5.41, 5.74) is 1.23. The Labute approximate surface area is 127 Å². The highest BCUT2D eigenvalue weighted by atomic mass is 79.9. The van der Waals surface area contributed by atoms with Crippen LogP contribution in [0.25, 0.3) is 0 Å². The van der Waals surface area contributed by atoms with Crippen LogP contribution in [0.3, 0.4) is 0 Å². The molecule has 1 saturated heterocycles. The summed E-state index contributed by atoms with van der Waals surface area (Å²) in [5.74, 6) is 0.869. The molecule has 5 heteroatoms. The average molecular weight is 336 g/mol. The number of nitrogens with one attached hydrogen (secondary N) is 1. The van der Waals surface area contributed by atoms with Gasteiger partial charge in [-0.05, 0) is 43.6 Å². The molecule has 0 atom stereocenters. The van der Waals surface area contributed by atoms with Crippen molar-refractivity contribution in [1.29, 1.82) is 0 Å². The van der Waals surface area contributed by atoms with E-state index in [-0.39, 0.29) is 0 Å². The van der Waals surface area contributed by atoms with Crippen LogP contribution in [0.2, 0.25) is 0 Å². The SMILES string of the molecule is Brc1ccc(Cn2cc(OC3CCNCC3)cn2)cc1. The molecule has 1 aliphatic rings. The van der Waals surface area contributed by atoms with E-state index in [2.05, 4.69) is 38.5 Å². The molecule has 3 rings (SSSR count). The monoisotopic (exact) mass is 335 g/mol. The number of hydrogen-bond acceptors (Lipinski definition) is 3. The van der Waals surface area contributed by atoms with E-state index in [1.165, 1.54) is 5.56 Å². The number of ether oxygens (including phenoxy) is 1. The Kier molecular flexibility index (Phi) is 4.38. The molecule has 1 aromatic carbocycles. The van der Waals surface area contributed by atoms with E-state index in [1.54, 1.807) is 6.20 Å². The maximum absolute atomic E-state index is 5.96. The number of hydrogen-bond donors (Lipinski definition) is 1. The standard InChI is InChI=1S/C15H18BrN3O/c16-13-3-1-12(2-4-13)10-19-11-15(9-18-19)20-14-5-7-17-8-6-14/h1-4,9,11,14,17H,5-8,10H2. The van der Waals surface area contributed by atoms with Gasteiger partial charge < -0.3 is 10.1 Å². The molecule has 2 heterocycles. The molecule has 0 aliphatic carbocycles. The highest BCUT2D eigenvalue weighted by Gasteiger charge is 2.15. The molecule has 1 aromatic heterocycles. The lowest BCUT2D eigenvalue weighted by atomic mass is 10.1. The molecule has 0 radical (unpaired) electrons. The fraction of sp³-hybridized carbons (Fsp3) is 0.400.